The van der Waals surface area contributed by atoms with Gasteiger partial charge >= 0.3 is 0 Å². The topological polar surface area (TPSA) is 41.1 Å². The molecule has 1 aliphatic heterocycles. The Hall–Kier alpha value is -0.710. The minimum atomic E-state index is -0.694. The van der Waals surface area contributed by atoms with Crippen molar-refractivity contribution in [3.05, 3.63) is 35.4 Å². The highest BCUT2D eigenvalue weighted by Crippen LogP contribution is 2.24. The fraction of sp³-hybridized carbons (Fsp3) is 0.600. The predicted molar refractivity (Wildman–Crippen MR) is 81.7 cm³/mol. The van der Waals surface area contributed by atoms with Crippen LogP contribution in [0.3, 0.4) is 0 Å². The van der Waals surface area contributed by atoms with Gasteiger partial charge in [0.1, 0.15) is 0 Å². The molecule has 0 aliphatic carbocycles. The van der Waals surface area contributed by atoms with Crippen LogP contribution in [0.1, 0.15) is 36.9 Å². The first-order valence-corrected chi connectivity index (χ1v) is 8.74. The summed E-state index contributed by atoms with van der Waals surface area (Å²) in [5.41, 5.74) is 2.81. The van der Waals surface area contributed by atoms with Crippen LogP contribution in [0.2, 0.25) is 0 Å². The Labute approximate surface area is 118 Å². The molecule has 106 valence electrons. The van der Waals surface area contributed by atoms with Crippen molar-refractivity contribution >= 4 is 10.8 Å². The summed E-state index contributed by atoms with van der Waals surface area (Å²) in [7, 11) is -0.694. The lowest BCUT2D eigenvalue weighted by atomic mass is 9.98. The van der Waals surface area contributed by atoms with Crippen molar-refractivity contribution < 1.29 is 4.21 Å². The fourth-order valence-corrected chi connectivity index (χ4v) is 3.29. The Balaban J connectivity index is 2.01. The van der Waals surface area contributed by atoms with Gasteiger partial charge in [0.05, 0.1) is 0 Å². The van der Waals surface area contributed by atoms with Gasteiger partial charge in [-0.2, -0.15) is 0 Å². The van der Waals surface area contributed by atoms with Gasteiger partial charge in [-0.05, 0) is 37.4 Å². The lowest BCUT2D eigenvalue weighted by Crippen LogP contribution is -2.32. The Bertz CT molecular complexity index is 436. The first-order valence-electron chi connectivity index (χ1n) is 7.01. The van der Waals surface area contributed by atoms with E-state index in [2.05, 4.69) is 41.8 Å². The van der Waals surface area contributed by atoms with Crippen LogP contribution in [0.15, 0.2) is 24.3 Å². The lowest BCUT2D eigenvalue weighted by Gasteiger charge is -2.23. The summed E-state index contributed by atoms with van der Waals surface area (Å²) in [4.78, 5) is 0. The van der Waals surface area contributed by atoms with Gasteiger partial charge in [0.15, 0.2) is 0 Å². The van der Waals surface area contributed by atoms with Crippen molar-refractivity contribution in [3.8, 4) is 0 Å². The zero-order valence-electron chi connectivity index (χ0n) is 11.8. The molecule has 3 unspecified atom stereocenters. The minimum Gasteiger partial charge on any atom is -0.313 e. The second kappa shape index (κ2) is 7.17. The molecule has 0 aromatic heterocycles. The average molecular weight is 280 g/mol. The normalized spacial score (nSPS) is 22.3. The number of fused-ring (bicyclic) bond motifs is 1. The van der Waals surface area contributed by atoms with Crippen LogP contribution in [0.4, 0.5) is 0 Å². The van der Waals surface area contributed by atoms with Gasteiger partial charge in [0, 0.05) is 41.4 Å². The summed E-state index contributed by atoms with van der Waals surface area (Å²) >= 11 is 0. The largest absolute Gasteiger partial charge is 0.313 e. The second-order valence-corrected chi connectivity index (χ2v) is 6.91. The highest BCUT2D eigenvalue weighted by molar-refractivity contribution is 7.84. The molecule has 2 N–H and O–H groups in total. The zero-order chi connectivity index (χ0) is 13.7. The smallest absolute Gasteiger partial charge is 0.0337 e. The molecule has 3 atom stereocenters. The van der Waals surface area contributed by atoms with Gasteiger partial charge in [-0.15, -0.1) is 0 Å². The van der Waals surface area contributed by atoms with Gasteiger partial charge < -0.3 is 10.6 Å². The SMILES string of the molecule is CC(CCS(C)=O)NC1CCNCc2ccccc21. The van der Waals surface area contributed by atoms with E-state index in [-0.39, 0.29) is 0 Å². The maximum absolute atomic E-state index is 11.2. The molecule has 0 saturated carbocycles. The zero-order valence-corrected chi connectivity index (χ0v) is 12.6. The van der Waals surface area contributed by atoms with E-state index in [1.165, 1.54) is 11.1 Å². The quantitative estimate of drug-likeness (QED) is 0.866. The molecule has 0 radical (unpaired) electrons. The van der Waals surface area contributed by atoms with E-state index < -0.39 is 10.8 Å². The van der Waals surface area contributed by atoms with Gasteiger partial charge in [-0.1, -0.05) is 24.3 Å². The van der Waals surface area contributed by atoms with Gasteiger partial charge in [-0.25, -0.2) is 0 Å². The number of nitrogens with one attached hydrogen (secondary N) is 2. The van der Waals surface area contributed by atoms with Crippen molar-refractivity contribution in [3.63, 3.8) is 0 Å². The van der Waals surface area contributed by atoms with E-state index in [1.54, 1.807) is 6.26 Å². The summed E-state index contributed by atoms with van der Waals surface area (Å²) in [5, 5.41) is 7.16. The third-order valence-corrected chi connectivity index (χ3v) is 4.49. The van der Waals surface area contributed by atoms with E-state index in [1.807, 2.05) is 0 Å². The highest BCUT2D eigenvalue weighted by Gasteiger charge is 2.19. The van der Waals surface area contributed by atoms with Crippen molar-refractivity contribution in [2.45, 2.75) is 38.4 Å². The molecule has 1 aromatic rings. The van der Waals surface area contributed by atoms with E-state index in [0.29, 0.717) is 12.1 Å². The molecule has 0 bridgehead atoms. The van der Waals surface area contributed by atoms with Crippen LogP contribution < -0.4 is 10.6 Å². The maximum atomic E-state index is 11.2. The summed E-state index contributed by atoms with van der Waals surface area (Å²) < 4.78 is 11.2. The highest BCUT2D eigenvalue weighted by atomic mass is 32.2. The predicted octanol–water partition coefficient (Wildman–Crippen LogP) is 1.97. The van der Waals surface area contributed by atoms with Crippen molar-refractivity contribution in [2.24, 2.45) is 0 Å². The summed E-state index contributed by atoms with van der Waals surface area (Å²) in [6.07, 6.45) is 3.85. The molecule has 1 aromatic carbocycles. The Morgan fingerprint density at radius 3 is 3.05 bits per heavy atom. The van der Waals surface area contributed by atoms with Crippen LogP contribution in [-0.2, 0) is 17.3 Å². The molecule has 3 nitrogen and oxygen atoms in total. The molecule has 4 heteroatoms. The molecule has 19 heavy (non-hydrogen) atoms. The molecule has 0 spiro atoms. The fourth-order valence-electron chi connectivity index (χ4n) is 2.60. The van der Waals surface area contributed by atoms with E-state index in [4.69, 9.17) is 0 Å². The van der Waals surface area contributed by atoms with Gasteiger partial charge in [-0.3, -0.25) is 4.21 Å². The average Bonchev–Trinajstić information content (AvgIpc) is 2.59. The van der Waals surface area contributed by atoms with Crippen LogP contribution >= 0.6 is 0 Å². The number of hydrogen-bond acceptors (Lipinski definition) is 3. The monoisotopic (exact) mass is 280 g/mol. The van der Waals surface area contributed by atoms with Crippen LogP contribution in [0.25, 0.3) is 0 Å². The molecular weight excluding hydrogens is 256 g/mol. The van der Waals surface area contributed by atoms with E-state index in [9.17, 15) is 4.21 Å². The molecule has 0 saturated heterocycles. The molecular formula is C15H24N2OS. The van der Waals surface area contributed by atoms with E-state index in [0.717, 1.165) is 31.7 Å². The summed E-state index contributed by atoms with van der Waals surface area (Å²) in [6.45, 7) is 4.19. The number of rotatable bonds is 5. The van der Waals surface area contributed by atoms with Crippen molar-refractivity contribution in [2.75, 3.05) is 18.6 Å². The second-order valence-electron chi connectivity index (χ2n) is 5.35. The van der Waals surface area contributed by atoms with Gasteiger partial charge in [0.2, 0.25) is 0 Å². The Kier molecular flexibility index (Phi) is 5.55. The number of hydrogen-bond donors (Lipinski definition) is 2. The Morgan fingerprint density at radius 2 is 2.26 bits per heavy atom. The van der Waals surface area contributed by atoms with Gasteiger partial charge in [0.25, 0.3) is 0 Å². The van der Waals surface area contributed by atoms with Crippen LogP contribution in [0, 0.1) is 0 Å². The summed E-state index contributed by atoms with van der Waals surface area (Å²) in [5.74, 6) is 0.779. The third-order valence-electron chi connectivity index (χ3n) is 3.68. The first kappa shape index (κ1) is 14.7. The third kappa shape index (κ3) is 4.41. The number of benzene rings is 1. The van der Waals surface area contributed by atoms with Crippen molar-refractivity contribution in [1.82, 2.24) is 10.6 Å². The molecule has 0 amide bonds. The van der Waals surface area contributed by atoms with Crippen LogP contribution in [-0.4, -0.2) is 28.8 Å². The molecule has 2 rings (SSSR count). The first-order chi connectivity index (χ1) is 9.16. The lowest BCUT2D eigenvalue weighted by molar-refractivity contribution is 0.427. The molecule has 1 aliphatic rings. The van der Waals surface area contributed by atoms with E-state index >= 15 is 0 Å². The summed E-state index contributed by atoms with van der Waals surface area (Å²) in [6, 6.07) is 9.46. The standard InChI is InChI=1S/C15H24N2OS/c1-12(8-10-19(2)18)17-15-7-9-16-11-13-5-3-4-6-14(13)15/h3-6,12,15-17H,7-11H2,1-2H3. The molecule has 0 fully saturated rings. The maximum Gasteiger partial charge on any atom is 0.0337 e. The Morgan fingerprint density at radius 1 is 1.47 bits per heavy atom. The van der Waals surface area contributed by atoms with Crippen molar-refractivity contribution in [1.29, 1.82) is 0 Å². The molecule has 1 heterocycles. The van der Waals surface area contributed by atoms with Crippen LogP contribution in [0.5, 0.6) is 0 Å². The minimum absolute atomic E-state index is 0.403.